The van der Waals surface area contributed by atoms with E-state index < -0.39 is 5.60 Å². The summed E-state index contributed by atoms with van der Waals surface area (Å²) in [5.41, 5.74) is 7.29. The van der Waals surface area contributed by atoms with Crippen LogP contribution < -0.4 is 30.8 Å². The fourth-order valence-electron chi connectivity index (χ4n) is 8.61. The number of ether oxygens (including phenoxy) is 2. The Labute approximate surface area is 289 Å². The molecule has 0 bridgehead atoms. The highest BCUT2D eigenvalue weighted by Crippen LogP contribution is 2.46. The third-order valence-electron chi connectivity index (χ3n) is 10.8. The maximum absolute atomic E-state index is 13.4. The lowest BCUT2D eigenvalue weighted by atomic mass is 9.30. The van der Waals surface area contributed by atoms with Gasteiger partial charge in [0.15, 0.2) is 0 Å². The van der Waals surface area contributed by atoms with Gasteiger partial charge in [0.05, 0.1) is 0 Å². The third-order valence-corrected chi connectivity index (χ3v) is 10.8. The Hall–Kier alpha value is -6.30. The van der Waals surface area contributed by atoms with Crippen LogP contribution in [0.5, 0.6) is 23.0 Å². The molecule has 3 aliphatic rings. The molecule has 0 aliphatic carbocycles. The molecule has 11 rings (SSSR count). The van der Waals surface area contributed by atoms with Crippen molar-refractivity contribution in [2.75, 3.05) is 4.90 Å². The van der Waals surface area contributed by atoms with Crippen LogP contribution in [0.2, 0.25) is 0 Å². The molecule has 0 aromatic heterocycles. The van der Waals surface area contributed by atoms with E-state index in [0.29, 0.717) is 0 Å². The van der Waals surface area contributed by atoms with E-state index in [4.69, 9.17) is 9.47 Å². The fourth-order valence-corrected chi connectivity index (χ4v) is 8.61. The van der Waals surface area contributed by atoms with Crippen molar-refractivity contribution in [3.63, 3.8) is 0 Å². The van der Waals surface area contributed by atoms with Crippen molar-refractivity contribution in [3.8, 4) is 23.0 Å². The van der Waals surface area contributed by atoms with Crippen molar-refractivity contribution in [2.45, 2.75) is 5.60 Å². The van der Waals surface area contributed by atoms with Gasteiger partial charge < -0.3 is 19.5 Å². The molecule has 3 aliphatic heterocycles. The minimum Gasteiger partial charge on any atom is -0.458 e. The number of nitrogens with zero attached hydrogens (tertiary/aromatic N) is 1. The highest BCUT2D eigenvalue weighted by atomic mass is 16.5. The molecule has 0 amide bonds. The monoisotopic (exact) mass is 641 g/mol. The maximum atomic E-state index is 13.4. The van der Waals surface area contributed by atoms with Gasteiger partial charge in [-0.3, -0.25) is 0 Å². The third kappa shape index (κ3) is 3.70. The molecule has 1 N–H and O–H groups in total. The van der Waals surface area contributed by atoms with Crippen LogP contribution in [0.15, 0.2) is 164 Å². The highest BCUT2D eigenvalue weighted by molar-refractivity contribution is 6.99. The smallest absolute Gasteiger partial charge is 0.261 e. The lowest BCUT2D eigenvalue weighted by molar-refractivity contribution is 0.127. The molecular formula is C45H28BNO3. The van der Waals surface area contributed by atoms with Gasteiger partial charge in [-0.2, -0.15) is 0 Å². The van der Waals surface area contributed by atoms with E-state index in [0.717, 1.165) is 94.7 Å². The predicted molar refractivity (Wildman–Crippen MR) is 202 cm³/mol. The molecule has 0 saturated heterocycles. The van der Waals surface area contributed by atoms with Crippen molar-refractivity contribution < 1.29 is 14.6 Å². The molecule has 5 heteroatoms. The first kappa shape index (κ1) is 27.6. The fraction of sp³-hybridized carbons (Fsp3) is 0.0222. The van der Waals surface area contributed by atoms with Gasteiger partial charge in [-0.05, 0) is 116 Å². The summed E-state index contributed by atoms with van der Waals surface area (Å²) in [6.07, 6.45) is 0. The summed E-state index contributed by atoms with van der Waals surface area (Å²) >= 11 is 0. The van der Waals surface area contributed by atoms with Gasteiger partial charge >= 0.3 is 0 Å². The lowest BCUT2D eigenvalue weighted by Crippen LogP contribution is -2.65. The van der Waals surface area contributed by atoms with Gasteiger partial charge in [-0.25, -0.2) is 0 Å². The normalized spacial score (nSPS) is 14.1. The number of aliphatic hydroxyl groups is 1. The zero-order valence-corrected chi connectivity index (χ0v) is 26.9. The zero-order valence-electron chi connectivity index (χ0n) is 26.9. The van der Waals surface area contributed by atoms with E-state index in [2.05, 4.69) is 114 Å². The van der Waals surface area contributed by atoms with Gasteiger partial charge in [-0.15, -0.1) is 0 Å². The molecule has 0 saturated carbocycles. The molecule has 8 aromatic rings. The van der Waals surface area contributed by atoms with Crippen LogP contribution in [0.3, 0.4) is 0 Å². The molecule has 234 valence electrons. The number of anilines is 3. The predicted octanol–water partition coefficient (Wildman–Crippen LogP) is 8.79. The SMILES string of the molecule is OC1(c2ccc3ccc4ccc(N(c5ccccc5)c5ccccc5)cc4c3c2)c2cccc3c2B2c4c(cccc4Oc4cccc1c42)O3. The van der Waals surface area contributed by atoms with E-state index in [9.17, 15) is 5.11 Å². The van der Waals surface area contributed by atoms with Crippen LogP contribution in [-0.4, -0.2) is 11.8 Å². The lowest BCUT2D eigenvalue weighted by Gasteiger charge is -2.44. The number of para-hydroxylation sites is 2. The molecular weight excluding hydrogens is 613 g/mol. The first-order chi connectivity index (χ1) is 24.7. The summed E-state index contributed by atoms with van der Waals surface area (Å²) in [6, 6.07) is 56.5. The number of fused-ring (bicyclic) bond motifs is 3. The summed E-state index contributed by atoms with van der Waals surface area (Å²) in [5.74, 6) is 3.15. The van der Waals surface area contributed by atoms with Crippen LogP contribution in [0, 0.1) is 0 Å². The van der Waals surface area contributed by atoms with E-state index in [1.807, 2.05) is 54.6 Å². The van der Waals surface area contributed by atoms with Crippen molar-refractivity contribution in [1.82, 2.24) is 0 Å². The Morgan fingerprint density at radius 3 is 1.50 bits per heavy atom. The average Bonchev–Trinajstić information content (AvgIpc) is 3.17. The van der Waals surface area contributed by atoms with Gasteiger partial charge in [0.2, 0.25) is 0 Å². The summed E-state index contributed by atoms with van der Waals surface area (Å²) in [6.45, 7) is -0.0906. The van der Waals surface area contributed by atoms with Gasteiger partial charge in [0.25, 0.3) is 6.71 Å². The van der Waals surface area contributed by atoms with E-state index in [1.54, 1.807) is 0 Å². The number of benzene rings is 8. The van der Waals surface area contributed by atoms with Crippen molar-refractivity contribution >= 4 is 61.7 Å². The van der Waals surface area contributed by atoms with Crippen molar-refractivity contribution in [3.05, 3.63) is 180 Å². The molecule has 0 atom stereocenters. The molecule has 0 unspecified atom stereocenters. The van der Waals surface area contributed by atoms with E-state index in [1.165, 1.54) is 0 Å². The van der Waals surface area contributed by atoms with Crippen LogP contribution in [0.25, 0.3) is 21.5 Å². The highest BCUT2D eigenvalue weighted by Gasteiger charge is 2.52. The van der Waals surface area contributed by atoms with Crippen LogP contribution in [0.4, 0.5) is 17.1 Å². The Bertz CT molecular complexity index is 2580. The summed E-state index contributed by atoms with van der Waals surface area (Å²) in [7, 11) is 0. The van der Waals surface area contributed by atoms with Crippen LogP contribution in [0.1, 0.15) is 16.7 Å². The molecule has 0 fully saturated rings. The second kappa shape index (κ2) is 10.1. The van der Waals surface area contributed by atoms with E-state index in [-0.39, 0.29) is 6.71 Å². The van der Waals surface area contributed by atoms with Gasteiger partial charge in [0, 0.05) is 22.5 Å². The van der Waals surface area contributed by atoms with E-state index >= 15 is 0 Å². The molecule has 0 spiro atoms. The minimum atomic E-state index is -1.45. The average molecular weight is 642 g/mol. The number of hydrogen-bond donors (Lipinski definition) is 1. The Morgan fingerprint density at radius 1 is 0.440 bits per heavy atom. The Kier molecular flexibility index (Phi) is 5.59. The first-order valence-electron chi connectivity index (χ1n) is 17.0. The second-order valence-electron chi connectivity index (χ2n) is 13.4. The first-order valence-corrected chi connectivity index (χ1v) is 17.0. The molecule has 50 heavy (non-hydrogen) atoms. The number of hydrogen-bond acceptors (Lipinski definition) is 4. The largest absolute Gasteiger partial charge is 0.458 e. The van der Waals surface area contributed by atoms with Crippen molar-refractivity contribution in [1.29, 1.82) is 0 Å². The topological polar surface area (TPSA) is 41.9 Å². The van der Waals surface area contributed by atoms with Crippen molar-refractivity contribution in [2.24, 2.45) is 0 Å². The zero-order chi connectivity index (χ0) is 33.0. The summed E-state index contributed by atoms with van der Waals surface area (Å²) < 4.78 is 13.0. The van der Waals surface area contributed by atoms with Gasteiger partial charge in [0.1, 0.15) is 28.6 Å². The summed E-state index contributed by atoms with van der Waals surface area (Å²) in [4.78, 5) is 2.29. The van der Waals surface area contributed by atoms with Crippen LogP contribution in [-0.2, 0) is 5.60 Å². The quantitative estimate of drug-likeness (QED) is 0.154. The summed E-state index contributed by atoms with van der Waals surface area (Å²) in [5, 5.41) is 17.8. The maximum Gasteiger partial charge on any atom is 0.261 e. The molecule has 8 aromatic carbocycles. The minimum absolute atomic E-state index is 0.0906. The molecule has 0 radical (unpaired) electrons. The standard InChI is InChI=1S/C45H28BNO3/c48-45(36-14-7-16-38-42(36)46-43-37(45)15-8-17-39(43)50-41-19-9-18-40(49-38)44(41)46)30-24-22-28-20-21-29-23-25-33(27-35(29)34(28)26-30)47(31-10-3-1-4-11-31)32-12-5-2-6-13-32/h1-27,48H. The van der Waals surface area contributed by atoms with Crippen LogP contribution >= 0.6 is 0 Å². The molecule has 4 nitrogen and oxygen atoms in total. The van der Waals surface area contributed by atoms with Gasteiger partial charge in [-0.1, -0.05) is 97.1 Å². The Morgan fingerprint density at radius 2 is 0.920 bits per heavy atom. The number of rotatable bonds is 4. The molecule has 3 heterocycles. The second-order valence-corrected chi connectivity index (χ2v) is 13.4. The Balaban J connectivity index is 1.15.